The normalized spacial score (nSPS) is 12.1. The fourth-order valence-electron chi connectivity index (χ4n) is 1.97. The number of anilines is 1. The highest BCUT2D eigenvalue weighted by molar-refractivity contribution is 6.30. The van der Waals surface area contributed by atoms with Crippen molar-refractivity contribution in [2.24, 2.45) is 0 Å². The van der Waals surface area contributed by atoms with Crippen molar-refractivity contribution < 1.29 is 0 Å². The SMILES string of the molecule is Cl.Cl.Clc1cccc(CNc2ncc3c(n2)CNC3)c1. The molecule has 108 valence electrons. The van der Waals surface area contributed by atoms with Gasteiger partial charge in [-0.3, -0.25) is 0 Å². The van der Waals surface area contributed by atoms with Gasteiger partial charge in [0, 0.05) is 36.4 Å². The van der Waals surface area contributed by atoms with Crippen molar-refractivity contribution in [1.82, 2.24) is 15.3 Å². The maximum Gasteiger partial charge on any atom is 0.223 e. The summed E-state index contributed by atoms with van der Waals surface area (Å²) in [7, 11) is 0. The van der Waals surface area contributed by atoms with Gasteiger partial charge in [-0.15, -0.1) is 24.8 Å². The van der Waals surface area contributed by atoms with E-state index in [1.807, 2.05) is 30.5 Å². The second-order valence-corrected chi connectivity index (χ2v) is 4.69. The van der Waals surface area contributed by atoms with E-state index in [-0.39, 0.29) is 24.8 Å². The fraction of sp³-hybridized carbons (Fsp3) is 0.231. The van der Waals surface area contributed by atoms with E-state index in [2.05, 4.69) is 20.6 Å². The molecule has 2 aromatic rings. The van der Waals surface area contributed by atoms with Crippen molar-refractivity contribution in [1.29, 1.82) is 0 Å². The smallest absolute Gasteiger partial charge is 0.223 e. The molecule has 0 unspecified atom stereocenters. The molecule has 4 nitrogen and oxygen atoms in total. The number of benzene rings is 1. The van der Waals surface area contributed by atoms with E-state index in [9.17, 15) is 0 Å². The van der Waals surface area contributed by atoms with Crippen LogP contribution in [0.2, 0.25) is 5.02 Å². The Morgan fingerprint density at radius 3 is 2.90 bits per heavy atom. The molecule has 0 aliphatic carbocycles. The summed E-state index contributed by atoms with van der Waals surface area (Å²) in [6, 6.07) is 7.76. The number of hydrogen-bond acceptors (Lipinski definition) is 4. The second-order valence-electron chi connectivity index (χ2n) is 4.25. The molecule has 0 bridgehead atoms. The molecule has 0 saturated carbocycles. The highest BCUT2D eigenvalue weighted by Gasteiger charge is 2.12. The number of rotatable bonds is 3. The molecule has 0 atom stereocenters. The van der Waals surface area contributed by atoms with E-state index in [1.165, 1.54) is 5.56 Å². The van der Waals surface area contributed by atoms with E-state index < -0.39 is 0 Å². The lowest BCUT2D eigenvalue weighted by Crippen LogP contribution is -2.05. The minimum absolute atomic E-state index is 0. The monoisotopic (exact) mass is 332 g/mol. The maximum absolute atomic E-state index is 5.94. The Morgan fingerprint density at radius 2 is 2.10 bits per heavy atom. The second kappa shape index (κ2) is 7.64. The van der Waals surface area contributed by atoms with Crippen LogP contribution in [0.5, 0.6) is 0 Å². The highest BCUT2D eigenvalue weighted by Crippen LogP contribution is 2.15. The number of fused-ring (bicyclic) bond motifs is 1. The third kappa shape index (κ3) is 3.96. The Morgan fingerprint density at radius 1 is 1.25 bits per heavy atom. The summed E-state index contributed by atoms with van der Waals surface area (Å²) in [4.78, 5) is 8.77. The summed E-state index contributed by atoms with van der Waals surface area (Å²) in [6.45, 7) is 2.36. The number of halogens is 3. The lowest BCUT2D eigenvalue weighted by Gasteiger charge is -2.06. The summed E-state index contributed by atoms with van der Waals surface area (Å²) in [5, 5.41) is 7.20. The zero-order chi connectivity index (χ0) is 12.4. The Hall–Kier alpha value is -1.07. The molecule has 1 aliphatic rings. The third-order valence-corrected chi connectivity index (χ3v) is 3.14. The summed E-state index contributed by atoms with van der Waals surface area (Å²) in [6.07, 6.45) is 1.88. The molecule has 1 aromatic heterocycles. The van der Waals surface area contributed by atoms with Crippen LogP contribution < -0.4 is 10.6 Å². The molecular weight excluding hydrogens is 319 g/mol. The highest BCUT2D eigenvalue weighted by atomic mass is 35.5. The maximum atomic E-state index is 5.94. The van der Waals surface area contributed by atoms with Crippen LogP contribution in [-0.4, -0.2) is 9.97 Å². The molecule has 7 heteroatoms. The van der Waals surface area contributed by atoms with E-state index in [4.69, 9.17) is 11.6 Å². The standard InChI is InChI=1S/C13H13ClN4.2ClH/c14-11-3-1-2-9(4-11)5-16-13-17-7-10-6-15-8-12(10)18-13;;/h1-4,7,15H,5-6,8H2,(H,16,17,18);2*1H. The largest absolute Gasteiger partial charge is 0.350 e. The molecule has 0 spiro atoms. The van der Waals surface area contributed by atoms with E-state index in [0.29, 0.717) is 12.5 Å². The average Bonchev–Trinajstić information content (AvgIpc) is 2.84. The number of aromatic nitrogens is 2. The van der Waals surface area contributed by atoms with Gasteiger partial charge in [0.25, 0.3) is 0 Å². The predicted molar refractivity (Wildman–Crippen MR) is 85.9 cm³/mol. The van der Waals surface area contributed by atoms with E-state index >= 15 is 0 Å². The lowest BCUT2D eigenvalue weighted by atomic mass is 10.2. The topological polar surface area (TPSA) is 49.8 Å². The van der Waals surface area contributed by atoms with Crippen LogP contribution in [0.25, 0.3) is 0 Å². The Kier molecular flexibility index (Phi) is 6.49. The third-order valence-electron chi connectivity index (χ3n) is 2.90. The summed E-state index contributed by atoms with van der Waals surface area (Å²) in [5.41, 5.74) is 3.38. The molecular formula is C13H15Cl3N4. The van der Waals surface area contributed by atoms with Gasteiger partial charge < -0.3 is 10.6 Å². The van der Waals surface area contributed by atoms with Crippen molar-refractivity contribution in [2.75, 3.05) is 5.32 Å². The van der Waals surface area contributed by atoms with Crippen LogP contribution in [0.3, 0.4) is 0 Å². The average molecular weight is 334 g/mol. The predicted octanol–water partition coefficient (Wildman–Crippen LogP) is 3.19. The first kappa shape index (κ1) is 17.0. The first-order valence-electron chi connectivity index (χ1n) is 5.85. The summed E-state index contributed by atoms with van der Waals surface area (Å²) < 4.78 is 0. The van der Waals surface area contributed by atoms with Gasteiger partial charge >= 0.3 is 0 Å². The molecule has 1 aromatic carbocycles. The number of nitrogens with one attached hydrogen (secondary N) is 2. The number of nitrogens with zero attached hydrogens (tertiary/aromatic N) is 2. The molecule has 2 heterocycles. The number of hydrogen-bond donors (Lipinski definition) is 2. The van der Waals surface area contributed by atoms with Crippen LogP contribution in [0.1, 0.15) is 16.8 Å². The quantitative estimate of drug-likeness (QED) is 0.906. The van der Waals surface area contributed by atoms with Crippen molar-refractivity contribution in [3.05, 3.63) is 52.3 Å². The zero-order valence-electron chi connectivity index (χ0n) is 10.6. The molecule has 0 fully saturated rings. The van der Waals surface area contributed by atoms with Crippen LogP contribution in [0.15, 0.2) is 30.5 Å². The van der Waals surface area contributed by atoms with Gasteiger partial charge in [-0.1, -0.05) is 23.7 Å². The Balaban J connectivity index is 0.000001000. The van der Waals surface area contributed by atoms with Crippen LogP contribution in [0, 0.1) is 0 Å². The molecule has 3 rings (SSSR count). The first-order valence-corrected chi connectivity index (χ1v) is 6.23. The molecule has 1 aliphatic heterocycles. The van der Waals surface area contributed by atoms with Gasteiger partial charge in [0.1, 0.15) is 0 Å². The van der Waals surface area contributed by atoms with Crippen LogP contribution in [0.4, 0.5) is 5.95 Å². The van der Waals surface area contributed by atoms with Crippen molar-refractivity contribution in [2.45, 2.75) is 19.6 Å². The minimum Gasteiger partial charge on any atom is -0.350 e. The van der Waals surface area contributed by atoms with Gasteiger partial charge in [-0.25, -0.2) is 9.97 Å². The van der Waals surface area contributed by atoms with Crippen molar-refractivity contribution in [3.8, 4) is 0 Å². The van der Waals surface area contributed by atoms with E-state index in [0.717, 1.165) is 29.4 Å². The van der Waals surface area contributed by atoms with Gasteiger partial charge in [-0.05, 0) is 17.7 Å². The van der Waals surface area contributed by atoms with Crippen LogP contribution in [-0.2, 0) is 19.6 Å². The molecule has 0 radical (unpaired) electrons. The lowest BCUT2D eigenvalue weighted by molar-refractivity contribution is 0.757. The van der Waals surface area contributed by atoms with Crippen molar-refractivity contribution in [3.63, 3.8) is 0 Å². The zero-order valence-corrected chi connectivity index (χ0v) is 13.0. The molecule has 2 N–H and O–H groups in total. The molecule has 0 saturated heterocycles. The summed E-state index contributed by atoms with van der Waals surface area (Å²) >= 11 is 5.94. The van der Waals surface area contributed by atoms with Gasteiger partial charge in [0.2, 0.25) is 5.95 Å². The molecule has 20 heavy (non-hydrogen) atoms. The van der Waals surface area contributed by atoms with E-state index in [1.54, 1.807) is 0 Å². The van der Waals surface area contributed by atoms with Crippen molar-refractivity contribution >= 4 is 42.4 Å². The summed E-state index contributed by atoms with van der Waals surface area (Å²) in [5.74, 6) is 0.664. The Labute approximate surface area is 135 Å². The fourth-order valence-corrected chi connectivity index (χ4v) is 2.18. The van der Waals surface area contributed by atoms with Crippen LogP contribution >= 0.6 is 36.4 Å². The van der Waals surface area contributed by atoms with Gasteiger partial charge in [-0.2, -0.15) is 0 Å². The molecule has 0 amide bonds. The Bertz CT molecular complexity index is 577. The first-order chi connectivity index (χ1) is 8.81. The minimum atomic E-state index is 0. The van der Waals surface area contributed by atoms with Gasteiger partial charge in [0.05, 0.1) is 5.69 Å². The van der Waals surface area contributed by atoms with Gasteiger partial charge in [0.15, 0.2) is 0 Å².